The summed E-state index contributed by atoms with van der Waals surface area (Å²) in [5, 5.41) is 22.3. The van der Waals surface area contributed by atoms with Crippen LogP contribution < -0.4 is 10.8 Å². The Bertz CT molecular complexity index is 1400. The summed E-state index contributed by atoms with van der Waals surface area (Å²) in [6.45, 7) is 4.80. The lowest BCUT2D eigenvalue weighted by Gasteiger charge is -2.18. The predicted octanol–water partition coefficient (Wildman–Crippen LogP) is 2.52. The van der Waals surface area contributed by atoms with Gasteiger partial charge in [0.15, 0.2) is 5.49 Å². The normalized spacial score (nSPS) is 22.0. The molecule has 8 nitrogen and oxygen atoms in total. The summed E-state index contributed by atoms with van der Waals surface area (Å²) in [5.41, 5.74) is 5.44. The maximum atomic E-state index is 13.1. The molecule has 0 saturated heterocycles. The van der Waals surface area contributed by atoms with Crippen molar-refractivity contribution in [2.75, 3.05) is 5.32 Å². The summed E-state index contributed by atoms with van der Waals surface area (Å²) < 4.78 is 2.10. The van der Waals surface area contributed by atoms with Gasteiger partial charge >= 0.3 is 0 Å². The van der Waals surface area contributed by atoms with Crippen molar-refractivity contribution in [2.24, 2.45) is 10.4 Å². The molecule has 2 atom stereocenters. The summed E-state index contributed by atoms with van der Waals surface area (Å²) in [7, 11) is 0. The Morgan fingerprint density at radius 3 is 2.88 bits per heavy atom. The number of nitrogens with one attached hydrogen (secondary N) is 1. The molecule has 1 aromatic heterocycles. The van der Waals surface area contributed by atoms with Gasteiger partial charge in [0.05, 0.1) is 54.3 Å². The summed E-state index contributed by atoms with van der Waals surface area (Å²) in [6.07, 6.45) is 3.40. The number of benzene rings is 1. The predicted molar refractivity (Wildman–Crippen MR) is 115 cm³/mol. The van der Waals surface area contributed by atoms with E-state index in [1.165, 1.54) is 0 Å². The molecule has 1 fully saturated rings. The van der Waals surface area contributed by atoms with Gasteiger partial charge < -0.3 is 10.2 Å². The molecule has 1 N–H and O–H groups in total. The molecule has 158 valence electrons. The molecular weight excluding hydrogens is 402 g/mol. The molecule has 2 aliphatic carbocycles. The smallest absolute Gasteiger partial charge is 0.243 e. The number of rotatable bonds is 3. The number of fused-ring (bicyclic) bond motifs is 5. The maximum absolute atomic E-state index is 13.1. The first-order valence-electron chi connectivity index (χ1n) is 10.8. The lowest BCUT2D eigenvalue weighted by molar-refractivity contribution is -0.135. The van der Waals surface area contributed by atoms with Crippen LogP contribution in [0.3, 0.4) is 0 Å². The minimum Gasteiger partial charge on any atom is -0.343 e. The fraction of sp³-hybridized carbons (Fsp3) is 0.375. The number of hydrogen-bond donors (Lipinski definition) is 1. The number of amides is 1. The van der Waals surface area contributed by atoms with Crippen LogP contribution in [0.1, 0.15) is 53.8 Å². The van der Waals surface area contributed by atoms with E-state index in [4.69, 9.17) is 9.98 Å². The topological polar surface area (TPSA) is 110 Å². The molecule has 8 heteroatoms. The van der Waals surface area contributed by atoms with Crippen molar-refractivity contribution in [1.29, 1.82) is 10.5 Å². The summed E-state index contributed by atoms with van der Waals surface area (Å²) in [6, 6.07) is 10.1. The van der Waals surface area contributed by atoms with Gasteiger partial charge in [-0.25, -0.2) is 0 Å². The highest BCUT2D eigenvalue weighted by Crippen LogP contribution is 2.48. The number of nitriles is 2. The third kappa shape index (κ3) is 2.56. The average molecular weight is 423 g/mol. The van der Waals surface area contributed by atoms with Crippen molar-refractivity contribution in [3.05, 3.63) is 57.7 Å². The van der Waals surface area contributed by atoms with Gasteiger partial charge in [0, 0.05) is 5.56 Å². The van der Waals surface area contributed by atoms with Crippen LogP contribution in [0, 0.1) is 35.0 Å². The Labute approximate surface area is 185 Å². The van der Waals surface area contributed by atoms with Crippen molar-refractivity contribution >= 4 is 17.6 Å². The zero-order valence-electron chi connectivity index (χ0n) is 17.9. The Balaban J connectivity index is 1.44. The van der Waals surface area contributed by atoms with Crippen LogP contribution >= 0.6 is 0 Å². The molecule has 0 spiro atoms. The van der Waals surface area contributed by atoms with E-state index in [1.54, 1.807) is 4.90 Å². The highest BCUT2D eigenvalue weighted by molar-refractivity contribution is 5.89. The highest BCUT2D eigenvalue weighted by Gasteiger charge is 2.54. The average Bonchev–Trinajstić information content (AvgIpc) is 3.67. The molecule has 4 aliphatic rings. The molecule has 2 aromatic rings. The molecule has 3 heterocycles. The minimum absolute atomic E-state index is 0.0885. The van der Waals surface area contributed by atoms with Gasteiger partial charge in [-0.05, 0) is 50.0 Å². The van der Waals surface area contributed by atoms with Gasteiger partial charge in [0.2, 0.25) is 11.9 Å². The van der Waals surface area contributed by atoms with Crippen LogP contribution in [0.25, 0.3) is 5.70 Å². The second-order valence-electron chi connectivity index (χ2n) is 9.03. The van der Waals surface area contributed by atoms with Crippen LogP contribution in [0.5, 0.6) is 0 Å². The number of anilines is 1. The van der Waals surface area contributed by atoms with Crippen LogP contribution in [0.2, 0.25) is 0 Å². The first kappa shape index (κ1) is 18.8. The number of carbonyl (C=O) groups is 1. The van der Waals surface area contributed by atoms with E-state index >= 15 is 0 Å². The van der Waals surface area contributed by atoms with Crippen molar-refractivity contribution < 1.29 is 4.79 Å². The van der Waals surface area contributed by atoms with Crippen molar-refractivity contribution in [3.8, 4) is 12.1 Å². The van der Waals surface area contributed by atoms with E-state index in [9.17, 15) is 15.3 Å². The van der Waals surface area contributed by atoms with E-state index in [0.717, 1.165) is 34.0 Å². The molecule has 2 aliphatic heterocycles. The first-order chi connectivity index (χ1) is 15.5. The second kappa shape index (κ2) is 6.30. The Morgan fingerprint density at radius 1 is 1.34 bits per heavy atom. The van der Waals surface area contributed by atoms with Gasteiger partial charge in [0.25, 0.3) is 0 Å². The molecule has 1 aromatic carbocycles. The van der Waals surface area contributed by atoms with Gasteiger partial charge in [-0.3, -0.25) is 14.4 Å². The lowest BCUT2D eigenvalue weighted by atomic mass is 9.98. The van der Waals surface area contributed by atoms with Gasteiger partial charge in [-0.1, -0.05) is 12.1 Å². The first-order valence-corrected chi connectivity index (χ1v) is 10.8. The zero-order chi connectivity index (χ0) is 22.2. The van der Waals surface area contributed by atoms with Crippen LogP contribution in [0.4, 0.5) is 5.95 Å². The fourth-order valence-corrected chi connectivity index (χ4v) is 4.86. The molecule has 1 saturated carbocycles. The maximum Gasteiger partial charge on any atom is 0.243 e. The van der Waals surface area contributed by atoms with Crippen LogP contribution in [-0.2, 0) is 17.9 Å². The van der Waals surface area contributed by atoms with Gasteiger partial charge in [0.1, 0.15) is 5.41 Å². The van der Waals surface area contributed by atoms with Crippen molar-refractivity contribution in [2.45, 2.75) is 51.9 Å². The minimum atomic E-state index is -0.845. The summed E-state index contributed by atoms with van der Waals surface area (Å²) >= 11 is 0. The van der Waals surface area contributed by atoms with Gasteiger partial charge in [-0.15, -0.1) is 0 Å². The number of hydrogen-bond acceptors (Lipinski definition) is 6. The van der Waals surface area contributed by atoms with E-state index in [1.807, 2.05) is 32.0 Å². The van der Waals surface area contributed by atoms with E-state index in [-0.39, 0.29) is 18.0 Å². The monoisotopic (exact) mass is 423 g/mol. The molecular formula is C24H21N7O. The van der Waals surface area contributed by atoms with E-state index in [2.05, 4.69) is 28.1 Å². The van der Waals surface area contributed by atoms with Crippen LogP contribution in [-0.4, -0.2) is 26.4 Å². The highest BCUT2D eigenvalue weighted by atomic mass is 16.2. The quantitative estimate of drug-likeness (QED) is 0.816. The molecule has 0 bridgehead atoms. The van der Waals surface area contributed by atoms with E-state index in [0.29, 0.717) is 37.0 Å². The largest absolute Gasteiger partial charge is 0.343 e. The zero-order valence-corrected chi connectivity index (χ0v) is 17.9. The summed E-state index contributed by atoms with van der Waals surface area (Å²) in [5.74, 6) is 0.657. The fourth-order valence-electron chi connectivity index (χ4n) is 4.86. The Kier molecular flexibility index (Phi) is 3.71. The third-order valence-corrected chi connectivity index (χ3v) is 7.01. The van der Waals surface area contributed by atoms with Gasteiger partial charge in [-0.2, -0.15) is 15.5 Å². The summed E-state index contributed by atoms with van der Waals surface area (Å²) in [4.78, 5) is 24.6. The lowest BCUT2D eigenvalue weighted by Crippen LogP contribution is -2.33. The van der Waals surface area contributed by atoms with Crippen molar-refractivity contribution in [3.63, 3.8) is 0 Å². The number of nitrogens with zero attached hydrogens (tertiary/aromatic N) is 6. The van der Waals surface area contributed by atoms with Crippen molar-refractivity contribution in [1.82, 2.24) is 14.5 Å². The molecule has 32 heavy (non-hydrogen) atoms. The molecule has 0 radical (unpaired) electrons. The molecule has 6 rings (SSSR count). The molecule has 0 unspecified atom stereocenters. The molecule has 1 amide bonds. The SMILES string of the molecule is Cc1c(C#N)cccc1[C@@H](C)N=c1nc2n(c3c1CN(C(=O)C1(C#N)CC1)C3)C1=C[C@H]1N2. The number of carbonyl (C=O) groups excluding carboxylic acids is 1. The Morgan fingerprint density at radius 2 is 2.16 bits per heavy atom. The standard InChI is InChI=1S/C24H21N7O/c1-13-15(9-25)4-3-5-16(13)14(2)27-21-17-10-30(22(32)24(12-26)6-7-24)11-20(17)31-19-8-18(19)28-23(31)29-21/h3-5,8,14,18H,6-7,10-11H2,1-2H3,(H,27,28,29)/t14-,18-/m1/s1. The van der Waals surface area contributed by atoms with E-state index < -0.39 is 5.41 Å². The number of aromatic nitrogens is 2. The Hall–Kier alpha value is -3.91. The second-order valence-corrected chi connectivity index (χ2v) is 9.03. The third-order valence-electron chi connectivity index (χ3n) is 7.01. The van der Waals surface area contributed by atoms with Crippen LogP contribution in [0.15, 0.2) is 29.3 Å².